The van der Waals surface area contributed by atoms with Crippen molar-refractivity contribution in [3.63, 3.8) is 0 Å². The van der Waals surface area contributed by atoms with E-state index < -0.39 is 0 Å². The highest BCUT2D eigenvalue weighted by atomic mass is 16.5. The number of aromatic amines is 1. The number of likely N-dealkylation sites (tertiary alicyclic amines) is 1. The highest BCUT2D eigenvalue weighted by molar-refractivity contribution is 5.78. The van der Waals surface area contributed by atoms with Crippen LogP contribution in [0, 0.1) is 0 Å². The molecule has 2 aromatic heterocycles. The van der Waals surface area contributed by atoms with Crippen LogP contribution in [0.1, 0.15) is 24.5 Å². The average molecular weight is 275 g/mol. The maximum atomic E-state index is 11.9. The predicted molar refractivity (Wildman–Crippen MR) is 72.1 cm³/mol. The molecule has 0 bridgehead atoms. The maximum Gasteiger partial charge on any atom is 0.248 e. The number of rotatable bonds is 3. The van der Waals surface area contributed by atoms with Crippen LogP contribution in [0.15, 0.2) is 12.4 Å². The van der Waals surface area contributed by atoms with Gasteiger partial charge < -0.3 is 9.64 Å². The minimum Gasteiger partial charge on any atom is -0.375 e. The van der Waals surface area contributed by atoms with Crippen LogP contribution in [0.4, 0.5) is 0 Å². The molecule has 0 aliphatic carbocycles. The van der Waals surface area contributed by atoms with Gasteiger partial charge in [0.15, 0.2) is 5.65 Å². The average Bonchev–Trinajstić information content (AvgIpc) is 2.91. The van der Waals surface area contributed by atoms with E-state index in [2.05, 4.69) is 20.2 Å². The van der Waals surface area contributed by atoms with E-state index >= 15 is 0 Å². The summed E-state index contributed by atoms with van der Waals surface area (Å²) in [5, 5.41) is 7.20. The first kappa shape index (κ1) is 13.0. The quantitative estimate of drug-likeness (QED) is 0.891. The van der Waals surface area contributed by atoms with Gasteiger partial charge in [0.1, 0.15) is 12.1 Å². The highest BCUT2D eigenvalue weighted by Gasteiger charge is 2.27. The van der Waals surface area contributed by atoms with Crippen molar-refractivity contribution in [2.24, 2.45) is 0 Å². The van der Waals surface area contributed by atoms with Gasteiger partial charge in [-0.05, 0) is 12.8 Å². The Balaban J connectivity index is 1.81. The Morgan fingerprint density at radius 1 is 1.50 bits per heavy atom. The van der Waals surface area contributed by atoms with E-state index in [1.54, 1.807) is 12.4 Å². The number of nitrogens with zero attached hydrogens (tertiary/aromatic N) is 4. The second kappa shape index (κ2) is 5.54. The van der Waals surface area contributed by atoms with Gasteiger partial charge in [-0.1, -0.05) is 0 Å². The van der Waals surface area contributed by atoms with Gasteiger partial charge in [-0.25, -0.2) is 9.97 Å². The zero-order valence-corrected chi connectivity index (χ0v) is 11.4. The van der Waals surface area contributed by atoms with Gasteiger partial charge in [0.05, 0.1) is 5.69 Å². The highest BCUT2D eigenvalue weighted by Crippen LogP contribution is 2.28. The number of piperidine rings is 1. The van der Waals surface area contributed by atoms with E-state index in [0.717, 1.165) is 30.6 Å². The van der Waals surface area contributed by atoms with Crippen molar-refractivity contribution in [3.05, 3.63) is 18.1 Å². The van der Waals surface area contributed by atoms with Gasteiger partial charge in [0.2, 0.25) is 5.91 Å². The molecule has 1 saturated heterocycles. The Morgan fingerprint density at radius 2 is 2.35 bits per heavy atom. The van der Waals surface area contributed by atoms with Crippen molar-refractivity contribution in [3.8, 4) is 0 Å². The molecule has 2 aromatic rings. The summed E-state index contributed by atoms with van der Waals surface area (Å²) < 4.78 is 4.92. The number of methoxy groups -OCH3 is 1. The molecule has 1 unspecified atom stereocenters. The van der Waals surface area contributed by atoms with Crippen LogP contribution in [-0.2, 0) is 9.53 Å². The molecule has 0 aromatic carbocycles. The maximum absolute atomic E-state index is 11.9. The van der Waals surface area contributed by atoms with Crippen LogP contribution in [0.5, 0.6) is 0 Å². The van der Waals surface area contributed by atoms with Crippen molar-refractivity contribution < 1.29 is 9.53 Å². The van der Waals surface area contributed by atoms with E-state index in [9.17, 15) is 4.79 Å². The molecule has 1 aliphatic heterocycles. The minimum atomic E-state index is 0.0344. The van der Waals surface area contributed by atoms with Crippen molar-refractivity contribution in [2.45, 2.75) is 18.8 Å². The Hall–Kier alpha value is -2.02. The molecule has 1 aliphatic rings. The fourth-order valence-corrected chi connectivity index (χ4v) is 2.71. The molecule has 0 saturated carbocycles. The van der Waals surface area contributed by atoms with Gasteiger partial charge in [0, 0.05) is 38.5 Å². The monoisotopic (exact) mass is 275 g/mol. The van der Waals surface area contributed by atoms with E-state index in [4.69, 9.17) is 4.74 Å². The summed E-state index contributed by atoms with van der Waals surface area (Å²) in [5.41, 5.74) is 2.41. The van der Waals surface area contributed by atoms with Crippen LogP contribution in [0.3, 0.4) is 0 Å². The summed E-state index contributed by atoms with van der Waals surface area (Å²) in [6.07, 6.45) is 5.28. The molecule has 1 amide bonds. The molecule has 1 fully saturated rings. The number of hydrogen-bond acceptors (Lipinski definition) is 5. The van der Waals surface area contributed by atoms with E-state index in [0.29, 0.717) is 12.2 Å². The zero-order chi connectivity index (χ0) is 13.9. The Kier molecular flexibility index (Phi) is 3.60. The first-order chi connectivity index (χ1) is 9.79. The zero-order valence-electron chi connectivity index (χ0n) is 11.4. The number of amides is 1. The molecule has 7 heteroatoms. The van der Waals surface area contributed by atoms with Crippen molar-refractivity contribution in [1.29, 1.82) is 0 Å². The van der Waals surface area contributed by atoms with Crippen LogP contribution in [0.2, 0.25) is 0 Å². The summed E-state index contributed by atoms with van der Waals surface area (Å²) in [5.74, 6) is 0.262. The third-order valence-corrected chi connectivity index (χ3v) is 3.67. The third-order valence-electron chi connectivity index (χ3n) is 3.67. The van der Waals surface area contributed by atoms with Gasteiger partial charge in [-0.3, -0.25) is 9.89 Å². The molecule has 7 nitrogen and oxygen atoms in total. The Labute approximate surface area is 116 Å². The van der Waals surface area contributed by atoms with E-state index in [1.165, 1.54) is 7.11 Å². The van der Waals surface area contributed by atoms with E-state index in [1.807, 2.05) is 4.90 Å². The number of nitrogens with one attached hydrogen (secondary N) is 1. The normalized spacial score (nSPS) is 19.4. The second-order valence-electron chi connectivity index (χ2n) is 4.98. The lowest BCUT2D eigenvalue weighted by molar-refractivity contribution is -0.136. The summed E-state index contributed by atoms with van der Waals surface area (Å²) in [7, 11) is 1.54. The van der Waals surface area contributed by atoms with Gasteiger partial charge in [-0.15, -0.1) is 0 Å². The fraction of sp³-hybridized carbons (Fsp3) is 0.538. The lowest BCUT2D eigenvalue weighted by atomic mass is 9.94. The van der Waals surface area contributed by atoms with Crippen LogP contribution < -0.4 is 0 Å². The molecule has 3 rings (SSSR count). The lowest BCUT2D eigenvalue weighted by Gasteiger charge is -2.32. The number of hydrogen-bond donors (Lipinski definition) is 1. The number of H-pyrrole nitrogens is 1. The number of carbonyl (C=O) groups excluding carboxylic acids is 1. The summed E-state index contributed by atoms with van der Waals surface area (Å²) in [6, 6.07) is 0. The minimum absolute atomic E-state index is 0.0344. The smallest absolute Gasteiger partial charge is 0.248 e. The molecule has 1 N–H and O–H groups in total. The van der Waals surface area contributed by atoms with Crippen LogP contribution in [0.25, 0.3) is 11.2 Å². The number of fused-ring (bicyclic) bond motifs is 1. The van der Waals surface area contributed by atoms with Gasteiger partial charge >= 0.3 is 0 Å². The van der Waals surface area contributed by atoms with Gasteiger partial charge in [0.25, 0.3) is 0 Å². The largest absolute Gasteiger partial charge is 0.375 e. The molecule has 0 spiro atoms. The third kappa shape index (κ3) is 2.36. The first-order valence-electron chi connectivity index (χ1n) is 6.71. The van der Waals surface area contributed by atoms with Crippen molar-refractivity contribution in [1.82, 2.24) is 25.1 Å². The fourth-order valence-electron chi connectivity index (χ4n) is 2.71. The topological polar surface area (TPSA) is 84.0 Å². The summed E-state index contributed by atoms with van der Waals surface area (Å²) in [6.45, 7) is 1.60. The summed E-state index contributed by atoms with van der Waals surface area (Å²) >= 11 is 0. The van der Waals surface area contributed by atoms with Crippen LogP contribution >= 0.6 is 0 Å². The predicted octanol–water partition coefficient (Wildman–Crippen LogP) is 0.705. The van der Waals surface area contributed by atoms with Crippen molar-refractivity contribution in [2.75, 3.05) is 26.8 Å². The number of carbonyl (C=O) groups is 1. The van der Waals surface area contributed by atoms with Crippen molar-refractivity contribution >= 4 is 17.1 Å². The molecular formula is C13H17N5O2. The molecular weight excluding hydrogens is 258 g/mol. The van der Waals surface area contributed by atoms with E-state index in [-0.39, 0.29) is 18.4 Å². The molecule has 1 atom stereocenters. The summed E-state index contributed by atoms with van der Waals surface area (Å²) in [4.78, 5) is 22.3. The molecule has 106 valence electrons. The number of aromatic nitrogens is 4. The molecule has 3 heterocycles. The molecule has 0 radical (unpaired) electrons. The second-order valence-corrected chi connectivity index (χ2v) is 4.98. The SMILES string of the molecule is COCC(=O)N1CCCC(c2[nH]nc3nccnc23)C1. The van der Waals surface area contributed by atoms with Crippen LogP contribution in [-0.4, -0.2) is 57.8 Å². The van der Waals surface area contributed by atoms with Gasteiger partial charge in [-0.2, -0.15) is 5.10 Å². The molecule has 20 heavy (non-hydrogen) atoms. The standard InChI is InChI=1S/C13H17N5O2/c1-20-8-10(19)18-6-2-3-9(7-18)11-12-13(17-16-11)15-5-4-14-12/h4-5,9H,2-3,6-8H2,1H3,(H,15,16,17). The first-order valence-corrected chi connectivity index (χ1v) is 6.71. The number of ether oxygens (including phenoxy) is 1. The Morgan fingerprint density at radius 3 is 3.20 bits per heavy atom. The lowest BCUT2D eigenvalue weighted by Crippen LogP contribution is -2.41. The Bertz CT molecular complexity index is 612.